The first-order valence-electron chi connectivity index (χ1n) is 9.00. The number of nitrogens with one attached hydrogen (secondary N) is 1. The first-order valence-corrected chi connectivity index (χ1v) is 9.00. The van der Waals surface area contributed by atoms with E-state index in [1.165, 1.54) is 12.5 Å². The molecular formula is C22H24N2O4. The molecule has 0 fully saturated rings. The fourth-order valence-corrected chi connectivity index (χ4v) is 2.51. The lowest BCUT2D eigenvalue weighted by molar-refractivity contribution is -0.154. The number of carbonyl (C=O) groups is 2. The molecule has 0 saturated heterocycles. The number of ether oxygens (including phenoxy) is 2. The molecule has 0 aliphatic rings. The van der Waals surface area contributed by atoms with Gasteiger partial charge in [0.05, 0.1) is 17.7 Å². The largest absolute Gasteiger partial charge is 0.479 e. The van der Waals surface area contributed by atoms with Gasteiger partial charge < -0.3 is 14.8 Å². The van der Waals surface area contributed by atoms with Crippen molar-refractivity contribution >= 4 is 11.9 Å². The van der Waals surface area contributed by atoms with Gasteiger partial charge in [0.1, 0.15) is 5.75 Å². The van der Waals surface area contributed by atoms with Crippen molar-refractivity contribution in [2.24, 2.45) is 0 Å². The molecule has 0 aliphatic heterocycles. The Kier molecular flexibility index (Phi) is 7.16. The van der Waals surface area contributed by atoms with Crippen molar-refractivity contribution < 1.29 is 19.1 Å². The van der Waals surface area contributed by atoms with Crippen molar-refractivity contribution in [2.75, 3.05) is 6.61 Å². The van der Waals surface area contributed by atoms with Crippen LogP contribution in [0.25, 0.3) is 0 Å². The highest BCUT2D eigenvalue weighted by molar-refractivity contribution is 5.82. The zero-order valence-corrected chi connectivity index (χ0v) is 16.5. The van der Waals surface area contributed by atoms with E-state index in [1.54, 1.807) is 24.3 Å². The van der Waals surface area contributed by atoms with Gasteiger partial charge in [-0.1, -0.05) is 18.2 Å². The van der Waals surface area contributed by atoms with E-state index in [0.29, 0.717) is 11.3 Å². The van der Waals surface area contributed by atoms with Gasteiger partial charge in [0.15, 0.2) is 12.7 Å². The van der Waals surface area contributed by atoms with Gasteiger partial charge in [-0.15, -0.1) is 0 Å². The summed E-state index contributed by atoms with van der Waals surface area (Å²) < 4.78 is 10.5. The quantitative estimate of drug-likeness (QED) is 0.744. The molecule has 0 bridgehead atoms. The second kappa shape index (κ2) is 9.56. The van der Waals surface area contributed by atoms with Crippen LogP contribution in [0.15, 0.2) is 42.5 Å². The number of hydrogen-bond donors (Lipinski definition) is 1. The molecule has 0 unspecified atom stereocenters. The van der Waals surface area contributed by atoms with E-state index in [1.807, 2.05) is 45.0 Å². The van der Waals surface area contributed by atoms with Crippen molar-refractivity contribution in [1.82, 2.24) is 5.32 Å². The van der Waals surface area contributed by atoms with E-state index in [9.17, 15) is 9.59 Å². The number of nitrogens with zero attached hydrogens (tertiary/aromatic N) is 1. The van der Waals surface area contributed by atoms with Gasteiger partial charge in [0.2, 0.25) is 0 Å². The van der Waals surface area contributed by atoms with Crippen LogP contribution < -0.4 is 10.1 Å². The minimum absolute atomic E-state index is 0.196. The van der Waals surface area contributed by atoms with Crippen LogP contribution in [0, 0.1) is 25.2 Å². The van der Waals surface area contributed by atoms with Gasteiger partial charge in [-0.25, -0.2) is 4.79 Å². The van der Waals surface area contributed by atoms with Crippen molar-refractivity contribution in [3.63, 3.8) is 0 Å². The Bertz CT molecular complexity index is 884. The molecule has 0 spiro atoms. The number of carbonyl (C=O) groups excluding carboxylic acids is 2. The molecule has 0 radical (unpaired) electrons. The topological polar surface area (TPSA) is 88.4 Å². The predicted molar refractivity (Wildman–Crippen MR) is 105 cm³/mol. The molecule has 146 valence electrons. The highest BCUT2D eigenvalue weighted by Gasteiger charge is 2.19. The number of esters is 1. The molecule has 6 nitrogen and oxygen atoms in total. The van der Waals surface area contributed by atoms with Gasteiger partial charge in [-0.05, 0) is 68.7 Å². The number of hydrogen-bond acceptors (Lipinski definition) is 5. The summed E-state index contributed by atoms with van der Waals surface area (Å²) in [6, 6.07) is 14.2. The third kappa shape index (κ3) is 5.85. The van der Waals surface area contributed by atoms with Gasteiger partial charge in [0.25, 0.3) is 5.91 Å². The van der Waals surface area contributed by atoms with E-state index in [4.69, 9.17) is 14.7 Å². The van der Waals surface area contributed by atoms with Crippen LogP contribution >= 0.6 is 0 Å². The normalized spacial score (nSPS) is 12.4. The standard InChI is InChI=1S/C22H24N2O4/c1-14-5-8-19(11-15(14)2)16(3)24-21(25)13-27-22(26)17(4)28-20-9-6-18(12-23)7-10-20/h5-11,16-17H,13H2,1-4H3,(H,24,25)/t16-,17+/m0/s1. The van der Waals surface area contributed by atoms with Crippen LogP contribution in [0.5, 0.6) is 5.75 Å². The third-order valence-corrected chi connectivity index (χ3v) is 4.38. The Balaban J connectivity index is 1.81. The summed E-state index contributed by atoms with van der Waals surface area (Å²) in [4.78, 5) is 24.1. The Morgan fingerprint density at radius 3 is 2.36 bits per heavy atom. The van der Waals surface area contributed by atoms with Crippen LogP contribution in [0.1, 0.15) is 42.1 Å². The fourth-order valence-electron chi connectivity index (χ4n) is 2.51. The van der Waals surface area contributed by atoms with Crippen LogP contribution in [-0.2, 0) is 14.3 Å². The molecule has 0 aliphatic carbocycles. The highest BCUT2D eigenvalue weighted by atomic mass is 16.6. The van der Waals surface area contributed by atoms with Gasteiger partial charge in [-0.2, -0.15) is 5.26 Å². The average Bonchev–Trinajstić information content (AvgIpc) is 2.68. The van der Waals surface area contributed by atoms with E-state index in [-0.39, 0.29) is 18.6 Å². The summed E-state index contributed by atoms with van der Waals surface area (Å²) in [5.41, 5.74) is 3.82. The summed E-state index contributed by atoms with van der Waals surface area (Å²) in [7, 11) is 0. The molecule has 1 amide bonds. The Morgan fingerprint density at radius 2 is 1.75 bits per heavy atom. The SMILES string of the molecule is Cc1ccc([C@H](C)NC(=O)COC(=O)[C@@H](C)Oc2ccc(C#N)cc2)cc1C. The Morgan fingerprint density at radius 1 is 1.07 bits per heavy atom. The van der Waals surface area contributed by atoms with E-state index in [2.05, 4.69) is 5.32 Å². The van der Waals surface area contributed by atoms with Crippen LogP contribution in [-0.4, -0.2) is 24.6 Å². The number of benzene rings is 2. The third-order valence-electron chi connectivity index (χ3n) is 4.38. The molecule has 2 aromatic carbocycles. The molecule has 0 saturated carbocycles. The average molecular weight is 380 g/mol. The smallest absolute Gasteiger partial charge is 0.347 e. The molecule has 28 heavy (non-hydrogen) atoms. The number of rotatable bonds is 7. The monoisotopic (exact) mass is 380 g/mol. The predicted octanol–water partition coefficient (Wildman–Crippen LogP) is 3.36. The first-order chi connectivity index (χ1) is 13.3. The summed E-state index contributed by atoms with van der Waals surface area (Å²) in [6.07, 6.45) is -0.877. The second-order valence-corrected chi connectivity index (χ2v) is 6.64. The van der Waals surface area contributed by atoms with Crippen molar-refractivity contribution in [3.05, 3.63) is 64.7 Å². The number of amides is 1. The summed E-state index contributed by atoms with van der Waals surface area (Å²) in [5, 5.41) is 11.6. The minimum Gasteiger partial charge on any atom is -0.479 e. The lowest BCUT2D eigenvalue weighted by Gasteiger charge is -2.17. The molecule has 6 heteroatoms. The molecule has 0 aromatic heterocycles. The van der Waals surface area contributed by atoms with Gasteiger partial charge >= 0.3 is 5.97 Å². The maximum Gasteiger partial charge on any atom is 0.347 e. The van der Waals surface area contributed by atoms with E-state index in [0.717, 1.165) is 11.1 Å². The molecular weight excluding hydrogens is 356 g/mol. The van der Waals surface area contributed by atoms with E-state index < -0.39 is 12.1 Å². The summed E-state index contributed by atoms with van der Waals surface area (Å²) >= 11 is 0. The molecule has 2 rings (SSSR count). The summed E-state index contributed by atoms with van der Waals surface area (Å²) in [5.74, 6) is -0.584. The van der Waals surface area contributed by atoms with Crippen LogP contribution in [0.3, 0.4) is 0 Å². The number of aryl methyl sites for hydroxylation is 2. The van der Waals surface area contributed by atoms with Crippen LogP contribution in [0.4, 0.5) is 0 Å². The molecule has 2 atom stereocenters. The van der Waals surface area contributed by atoms with Gasteiger partial charge in [0, 0.05) is 0 Å². The Labute approximate surface area is 165 Å². The fraction of sp³-hybridized carbons (Fsp3) is 0.318. The maximum absolute atomic E-state index is 12.1. The van der Waals surface area contributed by atoms with Crippen molar-refractivity contribution in [1.29, 1.82) is 5.26 Å². The first kappa shape index (κ1) is 21.0. The molecule has 0 heterocycles. The maximum atomic E-state index is 12.1. The second-order valence-electron chi connectivity index (χ2n) is 6.64. The van der Waals surface area contributed by atoms with E-state index >= 15 is 0 Å². The lowest BCUT2D eigenvalue weighted by Crippen LogP contribution is -2.34. The van der Waals surface area contributed by atoms with Crippen molar-refractivity contribution in [3.8, 4) is 11.8 Å². The highest BCUT2D eigenvalue weighted by Crippen LogP contribution is 2.17. The van der Waals surface area contributed by atoms with Gasteiger partial charge in [-0.3, -0.25) is 4.79 Å². The number of nitriles is 1. The lowest BCUT2D eigenvalue weighted by atomic mass is 10.0. The zero-order chi connectivity index (χ0) is 20.7. The molecule has 1 N–H and O–H groups in total. The van der Waals surface area contributed by atoms with Crippen molar-refractivity contribution in [2.45, 2.75) is 39.8 Å². The zero-order valence-electron chi connectivity index (χ0n) is 16.5. The minimum atomic E-state index is -0.877. The molecule has 2 aromatic rings. The Hall–Kier alpha value is -3.33. The summed E-state index contributed by atoms with van der Waals surface area (Å²) in [6.45, 7) is 7.08. The van der Waals surface area contributed by atoms with Crippen LogP contribution in [0.2, 0.25) is 0 Å².